The summed E-state index contributed by atoms with van der Waals surface area (Å²) in [6.45, 7) is 4.85. The van der Waals surface area contributed by atoms with Crippen LogP contribution in [0.3, 0.4) is 0 Å². The summed E-state index contributed by atoms with van der Waals surface area (Å²) in [5, 5.41) is 15.4. The highest BCUT2D eigenvalue weighted by molar-refractivity contribution is 5.92. The van der Waals surface area contributed by atoms with E-state index >= 15 is 0 Å². The second-order valence-corrected chi connectivity index (χ2v) is 5.17. The van der Waals surface area contributed by atoms with Gasteiger partial charge in [0.05, 0.1) is 23.9 Å². The number of carbonyl (C=O) groups is 1. The number of carbonyl (C=O) groups excluding carboxylic acids is 1. The van der Waals surface area contributed by atoms with Crippen LogP contribution in [0.2, 0.25) is 0 Å². The molecule has 2 aromatic rings. The standard InChI is InChI=1S/C14H17N5O2/c1-9-3-4-12(17-16-9)19-13(7-10(2)18-19)15-14(20)11-5-6-21-8-11/h3-4,7,11H,5-6,8H2,1-2H3,(H,15,20)/t11-/m0/s1. The van der Waals surface area contributed by atoms with Gasteiger partial charge in [-0.3, -0.25) is 4.79 Å². The van der Waals surface area contributed by atoms with Gasteiger partial charge in [0.1, 0.15) is 5.82 Å². The topological polar surface area (TPSA) is 81.9 Å². The van der Waals surface area contributed by atoms with Gasteiger partial charge in [-0.25, -0.2) is 0 Å². The van der Waals surface area contributed by atoms with Crippen molar-refractivity contribution in [2.24, 2.45) is 5.92 Å². The summed E-state index contributed by atoms with van der Waals surface area (Å²) < 4.78 is 6.84. The maximum absolute atomic E-state index is 12.2. The number of ether oxygens (including phenoxy) is 1. The average Bonchev–Trinajstić information content (AvgIpc) is 3.09. The molecule has 1 aliphatic rings. The lowest BCUT2D eigenvalue weighted by atomic mass is 10.1. The minimum absolute atomic E-state index is 0.0475. The van der Waals surface area contributed by atoms with Gasteiger partial charge in [0, 0.05) is 12.7 Å². The Morgan fingerprint density at radius 1 is 1.33 bits per heavy atom. The van der Waals surface area contributed by atoms with Crippen molar-refractivity contribution >= 4 is 11.7 Å². The fourth-order valence-corrected chi connectivity index (χ4v) is 2.24. The number of aromatic nitrogens is 4. The fourth-order valence-electron chi connectivity index (χ4n) is 2.24. The van der Waals surface area contributed by atoms with Crippen molar-refractivity contribution < 1.29 is 9.53 Å². The third kappa shape index (κ3) is 2.92. The predicted octanol–water partition coefficient (Wildman–Crippen LogP) is 1.25. The third-order valence-electron chi connectivity index (χ3n) is 3.38. The van der Waals surface area contributed by atoms with Gasteiger partial charge < -0.3 is 10.1 Å². The van der Waals surface area contributed by atoms with Crippen LogP contribution < -0.4 is 5.32 Å². The molecule has 0 spiro atoms. The Morgan fingerprint density at radius 3 is 2.86 bits per heavy atom. The van der Waals surface area contributed by atoms with E-state index < -0.39 is 0 Å². The van der Waals surface area contributed by atoms with Crippen LogP contribution in [-0.4, -0.2) is 39.1 Å². The van der Waals surface area contributed by atoms with Crippen LogP contribution in [0.25, 0.3) is 5.82 Å². The summed E-state index contributed by atoms with van der Waals surface area (Å²) in [6.07, 6.45) is 0.753. The van der Waals surface area contributed by atoms with Crippen LogP contribution in [0.1, 0.15) is 17.8 Å². The molecule has 1 saturated heterocycles. The lowest BCUT2D eigenvalue weighted by Crippen LogP contribution is -2.24. The van der Waals surface area contributed by atoms with E-state index in [1.165, 1.54) is 0 Å². The second-order valence-electron chi connectivity index (χ2n) is 5.17. The Morgan fingerprint density at radius 2 is 2.19 bits per heavy atom. The number of aryl methyl sites for hydroxylation is 2. The Labute approximate surface area is 122 Å². The monoisotopic (exact) mass is 287 g/mol. The maximum Gasteiger partial charge on any atom is 0.231 e. The van der Waals surface area contributed by atoms with E-state index in [4.69, 9.17) is 4.74 Å². The Bertz CT molecular complexity index is 644. The molecule has 7 heteroatoms. The summed E-state index contributed by atoms with van der Waals surface area (Å²) in [7, 11) is 0. The lowest BCUT2D eigenvalue weighted by molar-refractivity contribution is -0.119. The molecule has 0 bridgehead atoms. The molecule has 21 heavy (non-hydrogen) atoms. The lowest BCUT2D eigenvalue weighted by Gasteiger charge is -2.10. The first-order valence-corrected chi connectivity index (χ1v) is 6.89. The average molecular weight is 287 g/mol. The predicted molar refractivity (Wildman–Crippen MR) is 76.2 cm³/mol. The van der Waals surface area contributed by atoms with Gasteiger partial charge in [-0.05, 0) is 32.4 Å². The van der Waals surface area contributed by atoms with E-state index in [1.54, 1.807) is 4.68 Å². The Balaban J connectivity index is 1.85. The number of nitrogens with one attached hydrogen (secondary N) is 1. The molecular weight excluding hydrogens is 270 g/mol. The van der Waals surface area contributed by atoms with Gasteiger partial charge in [0.15, 0.2) is 5.82 Å². The molecule has 1 aliphatic heterocycles. The Hall–Kier alpha value is -2.28. The van der Waals surface area contributed by atoms with Crippen molar-refractivity contribution in [1.82, 2.24) is 20.0 Å². The minimum atomic E-state index is -0.0993. The summed E-state index contributed by atoms with van der Waals surface area (Å²) >= 11 is 0. The molecule has 1 amide bonds. The zero-order valence-electron chi connectivity index (χ0n) is 12.0. The SMILES string of the molecule is Cc1ccc(-n2nc(C)cc2NC(=O)[C@H]2CCOC2)nn1. The maximum atomic E-state index is 12.2. The van der Waals surface area contributed by atoms with Crippen molar-refractivity contribution in [2.75, 3.05) is 18.5 Å². The van der Waals surface area contributed by atoms with E-state index in [0.717, 1.165) is 17.8 Å². The van der Waals surface area contributed by atoms with Crippen molar-refractivity contribution in [3.05, 3.63) is 29.6 Å². The molecule has 1 fully saturated rings. The molecular formula is C14H17N5O2. The highest BCUT2D eigenvalue weighted by Gasteiger charge is 2.24. The summed E-state index contributed by atoms with van der Waals surface area (Å²) in [5.41, 5.74) is 1.63. The fraction of sp³-hybridized carbons (Fsp3) is 0.429. The highest BCUT2D eigenvalue weighted by atomic mass is 16.5. The first-order valence-electron chi connectivity index (χ1n) is 6.89. The highest BCUT2D eigenvalue weighted by Crippen LogP contribution is 2.19. The van der Waals surface area contributed by atoms with E-state index in [1.807, 2.05) is 32.0 Å². The van der Waals surface area contributed by atoms with Crippen LogP contribution in [0.5, 0.6) is 0 Å². The zero-order valence-corrected chi connectivity index (χ0v) is 12.0. The van der Waals surface area contributed by atoms with Crippen LogP contribution in [0.4, 0.5) is 5.82 Å². The summed E-state index contributed by atoms with van der Waals surface area (Å²) in [6, 6.07) is 5.49. The molecule has 0 unspecified atom stereocenters. The Kier molecular flexibility index (Phi) is 3.66. The molecule has 1 N–H and O–H groups in total. The van der Waals surface area contributed by atoms with E-state index in [2.05, 4.69) is 20.6 Å². The first-order chi connectivity index (χ1) is 10.1. The van der Waals surface area contributed by atoms with E-state index in [-0.39, 0.29) is 11.8 Å². The van der Waals surface area contributed by atoms with E-state index in [0.29, 0.717) is 24.8 Å². The quantitative estimate of drug-likeness (QED) is 0.919. The van der Waals surface area contributed by atoms with Gasteiger partial charge in [0.2, 0.25) is 5.91 Å². The second kappa shape index (κ2) is 5.61. The first kappa shape index (κ1) is 13.7. The normalized spacial score (nSPS) is 17.9. The van der Waals surface area contributed by atoms with Crippen molar-refractivity contribution in [3.8, 4) is 5.82 Å². The van der Waals surface area contributed by atoms with Crippen molar-refractivity contribution in [2.45, 2.75) is 20.3 Å². The van der Waals surface area contributed by atoms with Gasteiger partial charge in [-0.2, -0.15) is 14.9 Å². The molecule has 0 saturated carbocycles. The molecule has 3 heterocycles. The van der Waals surface area contributed by atoms with Crippen LogP contribution in [0, 0.1) is 19.8 Å². The number of hydrogen-bond acceptors (Lipinski definition) is 5. The van der Waals surface area contributed by atoms with Crippen LogP contribution in [0.15, 0.2) is 18.2 Å². The molecule has 3 rings (SSSR count). The number of anilines is 1. The molecule has 7 nitrogen and oxygen atoms in total. The van der Waals surface area contributed by atoms with Gasteiger partial charge in [-0.15, -0.1) is 5.10 Å². The molecule has 0 aromatic carbocycles. The largest absolute Gasteiger partial charge is 0.381 e. The smallest absolute Gasteiger partial charge is 0.231 e. The van der Waals surface area contributed by atoms with Crippen LogP contribution in [-0.2, 0) is 9.53 Å². The molecule has 2 aromatic heterocycles. The minimum Gasteiger partial charge on any atom is -0.381 e. The number of nitrogens with zero attached hydrogens (tertiary/aromatic N) is 4. The molecule has 110 valence electrons. The van der Waals surface area contributed by atoms with Gasteiger partial charge in [-0.1, -0.05) is 0 Å². The molecule has 0 aliphatic carbocycles. The summed E-state index contributed by atoms with van der Waals surface area (Å²) in [5.74, 6) is 1.03. The van der Waals surface area contributed by atoms with Gasteiger partial charge in [0.25, 0.3) is 0 Å². The number of amides is 1. The summed E-state index contributed by atoms with van der Waals surface area (Å²) in [4.78, 5) is 12.2. The van der Waals surface area contributed by atoms with E-state index in [9.17, 15) is 4.79 Å². The van der Waals surface area contributed by atoms with Gasteiger partial charge >= 0.3 is 0 Å². The molecule has 1 atom stereocenters. The van der Waals surface area contributed by atoms with Crippen molar-refractivity contribution in [1.29, 1.82) is 0 Å². The van der Waals surface area contributed by atoms with Crippen LogP contribution >= 0.6 is 0 Å². The van der Waals surface area contributed by atoms with Crippen molar-refractivity contribution in [3.63, 3.8) is 0 Å². The molecule has 0 radical (unpaired) electrons. The zero-order chi connectivity index (χ0) is 14.8. The number of hydrogen-bond donors (Lipinski definition) is 1. The third-order valence-corrected chi connectivity index (χ3v) is 3.38. The number of rotatable bonds is 3.